The van der Waals surface area contributed by atoms with E-state index in [1.807, 2.05) is 19.1 Å². The van der Waals surface area contributed by atoms with Crippen LogP contribution in [0.4, 0.5) is 0 Å². The van der Waals surface area contributed by atoms with Gasteiger partial charge in [0.15, 0.2) is 18.1 Å². The molecule has 162 valence electrons. The van der Waals surface area contributed by atoms with Gasteiger partial charge in [0.05, 0.1) is 7.11 Å². The Morgan fingerprint density at radius 2 is 1.63 bits per heavy atom. The molecule has 9 heteroatoms. The van der Waals surface area contributed by atoms with E-state index in [4.69, 9.17) is 9.47 Å². The van der Waals surface area contributed by atoms with Crippen LogP contribution in [0.5, 0.6) is 17.2 Å². The number of phenols is 1. The second-order valence-corrected chi connectivity index (χ2v) is 9.11. The fourth-order valence-electron chi connectivity index (χ4n) is 3.27. The van der Waals surface area contributed by atoms with Crippen molar-refractivity contribution in [1.82, 2.24) is 9.21 Å². The van der Waals surface area contributed by atoms with Gasteiger partial charge in [0.25, 0.3) is 5.91 Å². The average Bonchev–Trinajstić information content (AvgIpc) is 2.74. The number of amides is 1. The summed E-state index contributed by atoms with van der Waals surface area (Å²) >= 11 is 0. The van der Waals surface area contributed by atoms with Gasteiger partial charge in [0, 0.05) is 26.2 Å². The highest BCUT2D eigenvalue weighted by Gasteiger charge is 2.32. The molecule has 0 aliphatic carbocycles. The maximum atomic E-state index is 12.9. The minimum Gasteiger partial charge on any atom is -0.507 e. The highest BCUT2D eigenvalue weighted by Crippen LogP contribution is 2.29. The van der Waals surface area contributed by atoms with Gasteiger partial charge in [0.1, 0.15) is 10.6 Å². The number of aryl methyl sites for hydroxylation is 2. The second-order valence-electron chi connectivity index (χ2n) is 7.20. The molecule has 0 spiro atoms. The quantitative estimate of drug-likeness (QED) is 0.746. The Bertz CT molecular complexity index is 1030. The predicted octanol–water partition coefficient (Wildman–Crippen LogP) is 1.93. The number of hydrogen-bond donors (Lipinski definition) is 1. The number of rotatable bonds is 6. The Kier molecular flexibility index (Phi) is 6.52. The summed E-state index contributed by atoms with van der Waals surface area (Å²) in [6, 6.07) is 9.91. The molecule has 1 amide bonds. The van der Waals surface area contributed by atoms with Gasteiger partial charge in [-0.3, -0.25) is 4.79 Å². The summed E-state index contributed by atoms with van der Waals surface area (Å²) in [7, 11) is -2.30. The smallest absolute Gasteiger partial charge is 0.260 e. The van der Waals surface area contributed by atoms with E-state index in [-0.39, 0.29) is 49.3 Å². The number of methoxy groups -OCH3 is 1. The zero-order chi connectivity index (χ0) is 21.9. The van der Waals surface area contributed by atoms with Crippen LogP contribution in [0.2, 0.25) is 0 Å². The number of piperazine rings is 1. The molecule has 0 bridgehead atoms. The molecule has 1 N–H and O–H groups in total. The Balaban J connectivity index is 1.60. The van der Waals surface area contributed by atoms with Crippen LogP contribution in [0.1, 0.15) is 11.1 Å². The van der Waals surface area contributed by atoms with E-state index in [0.717, 1.165) is 11.1 Å². The molecule has 8 nitrogen and oxygen atoms in total. The maximum absolute atomic E-state index is 12.9. The molecule has 2 aromatic rings. The van der Waals surface area contributed by atoms with Gasteiger partial charge in [-0.1, -0.05) is 12.1 Å². The first-order valence-electron chi connectivity index (χ1n) is 9.57. The van der Waals surface area contributed by atoms with Gasteiger partial charge in [-0.25, -0.2) is 8.42 Å². The Morgan fingerprint density at radius 3 is 2.30 bits per heavy atom. The van der Waals surface area contributed by atoms with Crippen LogP contribution in [-0.2, 0) is 14.8 Å². The molecule has 1 aliphatic rings. The van der Waals surface area contributed by atoms with Crippen molar-refractivity contribution in [2.45, 2.75) is 18.7 Å². The minimum atomic E-state index is -3.84. The lowest BCUT2D eigenvalue weighted by molar-refractivity contribution is -0.134. The summed E-state index contributed by atoms with van der Waals surface area (Å²) < 4.78 is 37.9. The number of ether oxygens (including phenoxy) is 2. The molecule has 0 atom stereocenters. The van der Waals surface area contributed by atoms with Crippen molar-refractivity contribution in [3.05, 3.63) is 47.5 Å². The zero-order valence-corrected chi connectivity index (χ0v) is 18.1. The molecule has 0 unspecified atom stereocenters. The van der Waals surface area contributed by atoms with E-state index < -0.39 is 10.0 Å². The highest BCUT2D eigenvalue weighted by molar-refractivity contribution is 7.89. The van der Waals surface area contributed by atoms with E-state index in [1.165, 1.54) is 23.5 Å². The Labute approximate surface area is 176 Å². The Hall–Kier alpha value is -2.78. The van der Waals surface area contributed by atoms with E-state index in [0.29, 0.717) is 11.5 Å². The molecular weight excluding hydrogens is 408 g/mol. The highest BCUT2D eigenvalue weighted by atomic mass is 32.2. The van der Waals surface area contributed by atoms with Crippen molar-refractivity contribution < 1.29 is 27.8 Å². The number of carbonyl (C=O) groups is 1. The summed E-state index contributed by atoms with van der Waals surface area (Å²) in [4.78, 5) is 14.0. The lowest BCUT2D eigenvalue weighted by Gasteiger charge is -2.34. The van der Waals surface area contributed by atoms with Gasteiger partial charge >= 0.3 is 0 Å². The van der Waals surface area contributed by atoms with E-state index >= 15 is 0 Å². The second kappa shape index (κ2) is 8.93. The van der Waals surface area contributed by atoms with Crippen molar-refractivity contribution in [1.29, 1.82) is 0 Å². The first-order valence-corrected chi connectivity index (χ1v) is 11.0. The van der Waals surface area contributed by atoms with Crippen LogP contribution in [0.3, 0.4) is 0 Å². The molecule has 30 heavy (non-hydrogen) atoms. The van der Waals surface area contributed by atoms with Gasteiger partial charge in [-0.2, -0.15) is 4.31 Å². The lowest BCUT2D eigenvalue weighted by Crippen LogP contribution is -2.51. The van der Waals surface area contributed by atoms with Crippen LogP contribution in [-0.4, -0.2) is 68.5 Å². The summed E-state index contributed by atoms with van der Waals surface area (Å²) in [5.41, 5.74) is 1.76. The molecular formula is C21H26N2O6S. The van der Waals surface area contributed by atoms with Gasteiger partial charge in [0.2, 0.25) is 10.0 Å². The number of nitrogens with zero attached hydrogens (tertiary/aromatic N) is 2. The first kappa shape index (κ1) is 21.9. The third-order valence-electron chi connectivity index (χ3n) is 4.99. The van der Waals surface area contributed by atoms with Crippen molar-refractivity contribution >= 4 is 15.9 Å². The number of phenolic OH excluding ortho intramolecular Hbond substituents is 1. The van der Waals surface area contributed by atoms with Crippen molar-refractivity contribution in [2.24, 2.45) is 0 Å². The third-order valence-corrected chi connectivity index (χ3v) is 6.92. The van der Waals surface area contributed by atoms with Crippen LogP contribution < -0.4 is 9.47 Å². The summed E-state index contributed by atoms with van der Waals surface area (Å²) in [6.07, 6.45) is 0. The monoisotopic (exact) mass is 434 g/mol. The van der Waals surface area contributed by atoms with Crippen molar-refractivity contribution in [3.8, 4) is 17.2 Å². The van der Waals surface area contributed by atoms with E-state index in [2.05, 4.69) is 0 Å². The van der Waals surface area contributed by atoms with Crippen molar-refractivity contribution in [3.63, 3.8) is 0 Å². The maximum Gasteiger partial charge on any atom is 0.260 e. The minimum absolute atomic E-state index is 0.114. The molecule has 2 aromatic carbocycles. The zero-order valence-electron chi connectivity index (χ0n) is 17.3. The number of hydrogen-bond acceptors (Lipinski definition) is 6. The SMILES string of the molecule is COc1cc(C)ccc1OCC(=O)N1CCN(S(=O)(=O)c2cc(C)ccc2O)CC1. The van der Waals surface area contributed by atoms with Gasteiger partial charge in [-0.15, -0.1) is 0 Å². The molecule has 0 radical (unpaired) electrons. The normalized spacial score (nSPS) is 15.1. The van der Waals surface area contributed by atoms with Gasteiger partial charge < -0.3 is 19.5 Å². The van der Waals surface area contributed by atoms with Crippen LogP contribution in [0.25, 0.3) is 0 Å². The van der Waals surface area contributed by atoms with Crippen LogP contribution in [0, 0.1) is 13.8 Å². The molecule has 1 aliphatic heterocycles. The number of aromatic hydroxyl groups is 1. The van der Waals surface area contributed by atoms with E-state index in [1.54, 1.807) is 24.0 Å². The molecule has 1 fully saturated rings. The molecule has 0 aromatic heterocycles. The molecule has 1 heterocycles. The third kappa shape index (κ3) is 4.68. The summed E-state index contributed by atoms with van der Waals surface area (Å²) in [5, 5.41) is 9.98. The first-order chi connectivity index (χ1) is 14.2. The fraction of sp³-hybridized carbons (Fsp3) is 0.381. The summed E-state index contributed by atoms with van der Waals surface area (Å²) in [6.45, 7) is 4.33. The number of carbonyl (C=O) groups excluding carboxylic acids is 1. The molecule has 1 saturated heterocycles. The summed E-state index contributed by atoms with van der Waals surface area (Å²) in [5.74, 6) is 0.525. The molecule has 3 rings (SSSR count). The fourth-order valence-corrected chi connectivity index (χ4v) is 4.86. The van der Waals surface area contributed by atoms with Crippen LogP contribution in [0.15, 0.2) is 41.3 Å². The Morgan fingerprint density at radius 1 is 1.00 bits per heavy atom. The topological polar surface area (TPSA) is 96.4 Å². The average molecular weight is 435 g/mol. The number of benzene rings is 2. The predicted molar refractivity (Wildman–Crippen MR) is 111 cm³/mol. The number of sulfonamides is 1. The van der Waals surface area contributed by atoms with Crippen molar-refractivity contribution in [2.75, 3.05) is 39.9 Å². The van der Waals surface area contributed by atoms with Gasteiger partial charge in [-0.05, 0) is 49.2 Å². The largest absolute Gasteiger partial charge is 0.507 e. The van der Waals surface area contributed by atoms with Crippen LogP contribution >= 0.6 is 0 Å². The lowest BCUT2D eigenvalue weighted by atomic mass is 10.2. The molecule has 0 saturated carbocycles. The van der Waals surface area contributed by atoms with E-state index in [9.17, 15) is 18.3 Å². The standard InChI is InChI=1S/C21H26N2O6S/c1-15-5-7-18(19(12-15)28-3)29-14-21(25)22-8-10-23(11-9-22)30(26,27)20-13-16(2)4-6-17(20)24/h4-7,12-13,24H,8-11,14H2,1-3H3.